The highest BCUT2D eigenvalue weighted by atomic mass is 16.5. The van der Waals surface area contributed by atoms with Crippen molar-refractivity contribution in [1.82, 2.24) is 0 Å². The summed E-state index contributed by atoms with van der Waals surface area (Å²) >= 11 is 0. The van der Waals surface area contributed by atoms with Gasteiger partial charge in [0.05, 0.1) is 0 Å². The molecule has 1 aliphatic rings. The Morgan fingerprint density at radius 3 is 2.55 bits per heavy atom. The second-order valence-electron chi connectivity index (χ2n) is 5.62. The third-order valence-electron chi connectivity index (χ3n) is 3.91. The zero-order valence-electron chi connectivity index (χ0n) is 13.0. The van der Waals surface area contributed by atoms with Crippen LogP contribution in [0.25, 0.3) is 5.57 Å². The predicted octanol–water partition coefficient (Wildman–Crippen LogP) is 3.83. The number of hydrogen-bond donors (Lipinski definition) is 1. The highest BCUT2D eigenvalue weighted by Crippen LogP contribution is 2.29. The predicted molar refractivity (Wildman–Crippen MR) is 90.0 cm³/mol. The van der Waals surface area contributed by atoms with Gasteiger partial charge in [0, 0.05) is 13.0 Å². The fourth-order valence-corrected chi connectivity index (χ4v) is 2.54. The zero-order chi connectivity index (χ0) is 15.7. The van der Waals surface area contributed by atoms with E-state index in [2.05, 4.69) is 24.3 Å². The summed E-state index contributed by atoms with van der Waals surface area (Å²) in [7, 11) is 0. The number of nitriles is 1. The molecule has 1 aromatic rings. The molecule has 116 valence electrons. The van der Waals surface area contributed by atoms with E-state index >= 15 is 0 Å². The summed E-state index contributed by atoms with van der Waals surface area (Å²) in [6.07, 6.45) is 10.9. The van der Waals surface area contributed by atoms with Gasteiger partial charge in [0.2, 0.25) is 0 Å². The number of ether oxygens (including phenoxy) is 1. The minimum atomic E-state index is -0.799. The maximum atomic E-state index is 9.47. The maximum Gasteiger partial charge on any atom is 0.176 e. The lowest BCUT2D eigenvalue weighted by molar-refractivity contribution is 0.0323. The molecule has 1 unspecified atom stereocenters. The van der Waals surface area contributed by atoms with Crippen LogP contribution in [0.3, 0.4) is 0 Å². The van der Waals surface area contributed by atoms with Gasteiger partial charge in [0.1, 0.15) is 6.07 Å². The summed E-state index contributed by atoms with van der Waals surface area (Å²) < 4.78 is 5.86. The number of benzene rings is 1. The van der Waals surface area contributed by atoms with E-state index < -0.39 is 5.60 Å². The van der Waals surface area contributed by atoms with Crippen molar-refractivity contribution in [2.75, 3.05) is 13.2 Å². The normalized spacial score (nSPS) is 20.5. The summed E-state index contributed by atoms with van der Waals surface area (Å²) in [5.41, 5.74) is 7.00. The summed E-state index contributed by atoms with van der Waals surface area (Å²) in [5.74, 6) is 0. The first-order chi connectivity index (χ1) is 10.8. The standard InChI is InChI=1S/C19H24N2O/c20-14-6-1-2-7-15-22-19(16-21)12-10-18(11-13-19)17-8-4-3-5-9-17/h3-5,8-12H,1-2,6-7,13-15,20H2. The van der Waals surface area contributed by atoms with Gasteiger partial charge in [0.25, 0.3) is 0 Å². The molecule has 0 fully saturated rings. The van der Waals surface area contributed by atoms with Crippen LogP contribution in [0.1, 0.15) is 37.7 Å². The van der Waals surface area contributed by atoms with Crippen LogP contribution in [-0.2, 0) is 4.74 Å². The Morgan fingerprint density at radius 2 is 1.91 bits per heavy atom. The average Bonchev–Trinajstić information content (AvgIpc) is 2.59. The van der Waals surface area contributed by atoms with Gasteiger partial charge < -0.3 is 10.5 Å². The zero-order valence-corrected chi connectivity index (χ0v) is 13.0. The van der Waals surface area contributed by atoms with Crippen molar-refractivity contribution in [3.63, 3.8) is 0 Å². The Kier molecular flexibility index (Phi) is 6.39. The molecule has 0 bridgehead atoms. The molecule has 0 saturated carbocycles. The van der Waals surface area contributed by atoms with E-state index in [0.29, 0.717) is 13.0 Å². The molecule has 0 radical (unpaired) electrons. The molecule has 0 saturated heterocycles. The molecule has 3 nitrogen and oxygen atoms in total. The van der Waals surface area contributed by atoms with Gasteiger partial charge in [-0.25, -0.2) is 0 Å². The molecule has 0 aromatic heterocycles. The highest BCUT2D eigenvalue weighted by molar-refractivity contribution is 5.75. The van der Waals surface area contributed by atoms with Gasteiger partial charge >= 0.3 is 0 Å². The van der Waals surface area contributed by atoms with Crippen molar-refractivity contribution >= 4 is 5.57 Å². The molecule has 1 aliphatic carbocycles. The third kappa shape index (κ3) is 4.56. The molecular formula is C19H24N2O. The molecule has 0 amide bonds. The first kappa shape index (κ1) is 16.5. The van der Waals surface area contributed by atoms with Crippen LogP contribution in [0.4, 0.5) is 0 Å². The Morgan fingerprint density at radius 1 is 1.14 bits per heavy atom. The van der Waals surface area contributed by atoms with E-state index in [1.807, 2.05) is 30.4 Å². The van der Waals surface area contributed by atoms with Crippen molar-refractivity contribution in [1.29, 1.82) is 5.26 Å². The lowest BCUT2D eigenvalue weighted by Gasteiger charge is -2.25. The van der Waals surface area contributed by atoms with Crippen molar-refractivity contribution in [2.45, 2.75) is 37.7 Å². The van der Waals surface area contributed by atoms with Gasteiger partial charge in [-0.1, -0.05) is 55.3 Å². The Labute approximate surface area is 133 Å². The summed E-state index contributed by atoms with van der Waals surface area (Å²) in [6, 6.07) is 12.5. The van der Waals surface area contributed by atoms with E-state index in [1.165, 1.54) is 5.56 Å². The van der Waals surface area contributed by atoms with E-state index in [-0.39, 0.29) is 0 Å². The fraction of sp³-hybridized carbons (Fsp3) is 0.421. The van der Waals surface area contributed by atoms with Crippen LogP contribution in [-0.4, -0.2) is 18.8 Å². The Balaban J connectivity index is 1.85. The van der Waals surface area contributed by atoms with Crippen molar-refractivity contribution in [3.8, 4) is 6.07 Å². The maximum absolute atomic E-state index is 9.47. The van der Waals surface area contributed by atoms with Crippen molar-refractivity contribution in [3.05, 3.63) is 54.1 Å². The molecule has 1 atom stereocenters. The first-order valence-electron chi connectivity index (χ1n) is 8.00. The number of hydrogen-bond acceptors (Lipinski definition) is 3. The number of allylic oxidation sites excluding steroid dienone is 2. The van der Waals surface area contributed by atoms with Gasteiger partial charge in [-0.2, -0.15) is 5.26 Å². The molecule has 0 heterocycles. The molecule has 1 aromatic carbocycles. The molecule has 0 aliphatic heterocycles. The number of rotatable bonds is 8. The molecular weight excluding hydrogens is 272 g/mol. The molecule has 2 rings (SSSR count). The van der Waals surface area contributed by atoms with E-state index in [4.69, 9.17) is 10.5 Å². The average molecular weight is 296 g/mol. The van der Waals surface area contributed by atoms with E-state index in [9.17, 15) is 5.26 Å². The summed E-state index contributed by atoms with van der Waals surface area (Å²) in [5, 5.41) is 9.47. The fourth-order valence-electron chi connectivity index (χ4n) is 2.54. The van der Waals surface area contributed by atoms with E-state index in [1.54, 1.807) is 0 Å². The van der Waals surface area contributed by atoms with Crippen LogP contribution in [0.15, 0.2) is 48.6 Å². The monoisotopic (exact) mass is 296 g/mol. The number of nitrogens with two attached hydrogens (primary N) is 1. The molecule has 0 spiro atoms. The van der Waals surface area contributed by atoms with Crippen LogP contribution in [0.5, 0.6) is 0 Å². The smallest absolute Gasteiger partial charge is 0.176 e. The number of nitrogens with zero attached hydrogens (tertiary/aromatic N) is 1. The minimum Gasteiger partial charge on any atom is -0.356 e. The second kappa shape index (κ2) is 8.53. The highest BCUT2D eigenvalue weighted by Gasteiger charge is 2.29. The van der Waals surface area contributed by atoms with Gasteiger partial charge in [0.15, 0.2) is 5.60 Å². The Hall–Kier alpha value is -1.89. The van der Waals surface area contributed by atoms with Crippen molar-refractivity contribution < 1.29 is 4.74 Å². The number of unbranched alkanes of at least 4 members (excludes halogenated alkanes) is 3. The topological polar surface area (TPSA) is 59.0 Å². The quantitative estimate of drug-likeness (QED) is 0.742. The lowest BCUT2D eigenvalue weighted by atomic mass is 9.90. The van der Waals surface area contributed by atoms with Crippen LogP contribution >= 0.6 is 0 Å². The van der Waals surface area contributed by atoms with Crippen LogP contribution < -0.4 is 5.73 Å². The van der Waals surface area contributed by atoms with Gasteiger partial charge in [-0.05, 0) is 36.6 Å². The third-order valence-corrected chi connectivity index (χ3v) is 3.91. The largest absolute Gasteiger partial charge is 0.356 e. The molecule has 3 heteroatoms. The minimum absolute atomic E-state index is 0.604. The second-order valence-corrected chi connectivity index (χ2v) is 5.62. The van der Waals surface area contributed by atoms with Crippen molar-refractivity contribution in [2.24, 2.45) is 5.73 Å². The van der Waals surface area contributed by atoms with Crippen LogP contribution in [0, 0.1) is 11.3 Å². The lowest BCUT2D eigenvalue weighted by Crippen LogP contribution is -2.29. The van der Waals surface area contributed by atoms with Crippen LogP contribution in [0.2, 0.25) is 0 Å². The Bertz CT molecular complexity index is 557. The van der Waals surface area contributed by atoms with Gasteiger partial charge in [-0.15, -0.1) is 0 Å². The summed E-state index contributed by atoms with van der Waals surface area (Å²) in [4.78, 5) is 0. The first-order valence-corrected chi connectivity index (χ1v) is 8.00. The van der Waals surface area contributed by atoms with Gasteiger partial charge in [-0.3, -0.25) is 0 Å². The SMILES string of the molecule is N#CC1(OCCCCCCN)C=CC(c2ccccc2)=CC1. The van der Waals surface area contributed by atoms with E-state index in [0.717, 1.165) is 37.8 Å². The molecule has 22 heavy (non-hydrogen) atoms. The summed E-state index contributed by atoms with van der Waals surface area (Å²) in [6.45, 7) is 1.37. The molecule has 2 N–H and O–H groups in total.